The maximum absolute atomic E-state index is 6.71. The van der Waals surface area contributed by atoms with Crippen LogP contribution in [0.3, 0.4) is 0 Å². The summed E-state index contributed by atoms with van der Waals surface area (Å²) in [6.07, 6.45) is 5.51. The second kappa shape index (κ2) is 14.1. The number of hydrogen-bond donors (Lipinski definition) is 0. The van der Waals surface area contributed by atoms with Crippen molar-refractivity contribution in [1.82, 2.24) is 19.9 Å². The third kappa shape index (κ3) is 5.51. The molecule has 7 aromatic carbocycles. The number of nitrogens with zero attached hydrogens (tertiary/aromatic N) is 4. The van der Waals surface area contributed by atoms with Crippen molar-refractivity contribution in [3.8, 4) is 67.4 Å². The molecule has 0 radical (unpaired) electrons. The molecule has 1 spiro atoms. The first kappa shape index (κ1) is 35.8. The van der Waals surface area contributed by atoms with E-state index in [4.69, 9.17) is 19.4 Å². The van der Waals surface area contributed by atoms with Gasteiger partial charge in [0.15, 0.2) is 5.82 Å². The van der Waals surface area contributed by atoms with E-state index in [0.717, 1.165) is 66.8 Å². The van der Waals surface area contributed by atoms with Crippen LogP contribution in [0.15, 0.2) is 221 Å². The smallest absolute Gasteiger partial charge is 0.160 e. The average Bonchev–Trinajstić information content (AvgIpc) is 3.68. The van der Waals surface area contributed by atoms with Gasteiger partial charge in [-0.2, -0.15) is 0 Å². The molecular formula is C57H34N4OS. The highest BCUT2D eigenvalue weighted by molar-refractivity contribution is 7.99. The Kier molecular flexibility index (Phi) is 7.99. The van der Waals surface area contributed by atoms with Crippen LogP contribution in [-0.2, 0) is 5.41 Å². The summed E-state index contributed by atoms with van der Waals surface area (Å²) in [5.41, 5.74) is 16.9. The maximum Gasteiger partial charge on any atom is 0.160 e. The molecular weight excluding hydrogens is 789 g/mol. The minimum absolute atomic E-state index is 0.637. The molecule has 4 aromatic heterocycles. The number of furan rings is 1. The van der Waals surface area contributed by atoms with Crippen LogP contribution in [0, 0.1) is 0 Å². The molecule has 1 unspecified atom stereocenters. The highest BCUT2D eigenvalue weighted by Crippen LogP contribution is 2.62. The Morgan fingerprint density at radius 1 is 0.397 bits per heavy atom. The lowest BCUT2D eigenvalue weighted by Gasteiger charge is -2.42. The van der Waals surface area contributed by atoms with E-state index in [1.165, 1.54) is 48.7 Å². The van der Waals surface area contributed by atoms with Gasteiger partial charge in [-0.25, -0.2) is 9.97 Å². The first-order valence-corrected chi connectivity index (χ1v) is 21.9. The van der Waals surface area contributed by atoms with E-state index in [-0.39, 0.29) is 0 Å². The van der Waals surface area contributed by atoms with Crippen molar-refractivity contribution in [3.05, 3.63) is 229 Å². The molecule has 11 aromatic rings. The number of hydrogen-bond acceptors (Lipinski definition) is 6. The van der Waals surface area contributed by atoms with Crippen molar-refractivity contribution in [3.63, 3.8) is 0 Å². The van der Waals surface area contributed by atoms with Crippen LogP contribution in [0.4, 0.5) is 0 Å². The van der Waals surface area contributed by atoms with Crippen molar-refractivity contribution in [2.45, 2.75) is 15.2 Å². The number of benzene rings is 7. The fourth-order valence-electron chi connectivity index (χ4n) is 9.92. The number of aromatic nitrogens is 4. The molecule has 1 aliphatic heterocycles. The minimum Gasteiger partial charge on any atom is -0.456 e. The molecule has 1 aliphatic carbocycles. The Morgan fingerprint density at radius 2 is 1.08 bits per heavy atom. The zero-order chi connectivity index (χ0) is 41.5. The SMILES string of the molecule is c1ccc(-c2cc(-c3ccc(-c4cccnc4)nc3)nc(-c3ccc4c(c3)C3(c5ccccc5Sc5cc6c(cc53)oc3ccccc36)c3ccccc3-c3ccccc3-4)n2)cc1. The van der Waals surface area contributed by atoms with Crippen molar-refractivity contribution < 1.29 is 4.42 Å². The molecule has 0 fully saturated rings. The Hall–Kier alpha value is -7.93. The highest BCUT2D eigenvalue weighted by Gasteiger charge is 2.49. The van der Waals surface area contributed by atoms with E-state index in [1.54, 1.807) is 6.20 Å². The van der Waals surface area contributed by atoms with Crippen LogP contribution in [0.1, 0.15) is 22.3 Å². The molecule has 0 saturated heterocycles. The highest BCUT2D eigenvalue weighted by atomic mass is 32.2. The lowest BCUT2D eigenvalue weighted by atomic mass is 9.63. The fourth-order valence-corrected chi connectivity index (χ4v) is 11.1. The summed E-state index contributed by atoms with van der Waals surface area (Å²) in [6.45, 7) is 0. The molecule has 294 valence electrons. The molecule has 2 aliphatic rings. The van der Waals surface area contributed by atoms with Gasteiger partial charge in [0.05, 0.1) is 22.5 Å². The standard InChI is InChI=1S/C57H34N4OS/c1-2-13-35(14-3-1)50-32-51(38-25-27-49(59-34-38)37-15-12-28-58-33-37)61-56(60-50)36-24-26-42-40-17-5-4-16-39(40)41-18-6-8-20-45(41)57(47(42)29-36)46-21-9-11-23-54(46)63-55-30-44-43-19-7-10-22-52(43)62-53(44)31-48(55)57/h1-34H. The van der Waals surface area contributed by atoms with Crippen molar-refractivity contribution in [2.75, 3.05) is 0 Å². The molecule has 6 heteroatoms. The second-order valence-electron chi connectivity index (χ2n) is 16.1. The summed E-state index contributed by atoms with van der Waals surface area (Å²) in [5, 5.41) is 2.24. The van der Waals surface area contributed by atoms with E-state index in [2.05, 4.69) is 163 Å². The Morgan fingerprint density at radius 3 is 1.89 bits per heavy atom. The van der Waals surface area contributed by atoms with Crippen LogP contribution >= 0.6 is 11.8 Å². The van der Waals surface area contributed by atoms with E-state index in [0.29, 0.717) is 5.82 Å². The van der Waals surface area contributed by atoms with Gasteiger partial charge in [0.1, 0.15) is 11.2 Å². The van der Waals surface area contributed by atoms with E-state index >= 15 is 0 Å². The fraction of sp³-hybridized carbons (Fsp3) is 0.0175. The van der Waals surface area contributed by atoms with E-state index in [1.807, 2.05) is 54.5 Å². The van der Waals surface area contributed by atoms with Gasteiger partial charge < -0.3 is 4.42 Å². The van der Waals surface area contributed by atoms with Gasteiger partial charge in [0.2, 0.25) is 0 Å². The molecule has 5 heterocycles. The summed E-state index contributed by atoms with van der Waals surface area (Å²) in [7, 11) is 0. The van der Waals surface area contributed by atoms with Crippen molar-refractivity contribution in [2.24, 2.45) is 0 Å². The molecule has 13 rings (SSSR count). The molecule has 0 saturated carbocycles. The first-order chi connectivity index (χ1) is 31.2. The van der Waals surface area contributed by atoms with Crippen molar-refractivity contribution >= 4 is 33.7 Å². The summed E-state index contributed by atoms with van der Waals surface area (Å²) >= 11 is 1.84. The van der Waals surface area contributed by atoms with Gasteiger partial charge in [0.25, 0.3) is 0 Å². The number of rotatable bonds is 4. The minimum atomic E-state index is -0.753. The first-order valence-electron chi connectivity index (χ1n) is 21.1. The van der Waals surface area contributed by atoms with Gasteiger partial charge in [-0.15, -0.1) is 0 Å². The number of pyridine rings is 2. The Balaban J connectivity index is 1.11. The Labute approximate surface area is 367 Å². The lowest BCUT2D eigenvalue weighted by molar-refractivity contribution is 0.660. The van der Waals surface area contributed by atoms with Gasteiger partial charge in [-0.05, 0) is 105 Å². The number of fused-ring (bicyclic) bond motifs is 14. The normalized spacial score (nSPS) is 14.7. The van der Waals surface area contributed by atoms with Crippen LogP contribution in [0.2, 0.25) is 0 Å². The quantitative estimate of drug-likeness (QED) is 0.176. The monoisotopic (exact) mass is 822 g/mol. The molecule has 63 heavy (non-hydrogen) atoms. The topological polar surface area (TPSA) is 64.7 Å². The van der Waals surface area contributed by atoms with Crippen LogP contribution in [0.25, 0.3) is 89.4 Å². The summed E-state index contributed by atoms with van der Waals surface area (Å²) < 4.78 is 6.71. The zero-order valence-corrected chi connectivity index (χ0v) is 34.6. The summed E-state index contributed by atoms with van der Waals surface area (Å²) in [6, 6.07) is 67.1. The van der Waals surface area contributed by atoms with E-state index in [9.17, 15) is 0 Å². The predicted octanol–water partition coefficient (Wildman–Crippen LogP) is 14.3. The third-order valence-electron chi connectivity index (χ3n) is 12.7. The zero-order valence-electron chi connectivity index (χ0n) is 33.7. The van der Waals surface area contributed by atoms with Crippen LogP contribution in [0.5, 0.6) is 0 Å². The molecule has 0 amide bonds. The van der Waals surface area contributed by atoms with Gasteiger partial charge in [0, 0.05) is 61.4 Å². The largest absolute Gasteiger partial charge is 0.456 e. The lowest BCUT2D eigenvalue weighted by Crippen LogP contribution is -2.34. The van der Waals surface area contributed by atoms with Gasteiger partial charge >= 0.3 is 0 Å². The number of para-hydroxylation sites is 1. The average molecular weight is 823 g/mol. The molecule has 0 N–H and O–H groups in total. The van der Waals surface area contributed by atoms with Gasteiger partial charge in [-0.3, -0.25) is 9.97 Å². The summed E-state index contributed by atoms with van der Waals surface area (Å²) in [5.74, 6) is 0.637. The van der Waals surface area contributed by atoms with Crippen LogP contribution in [-0.4, -0.2) is 19.9 Å². The maximum atomic E-state index is 6.71. The third-order valence-corrected chi connectivity index (χ3v) is 13.9. The molecule has 5 nitrogen and oxygen atoms in total. The van der Waals surface area contributed by atoms with Crippen LogP contribution < -0.4 is 0 Å². The van der Waals surface area contributed by atoms with Gasteiger partial charge in [-0.1, -0.05) is 139 Å². The second-order valence-corrected chi connectivity index (χ2v) is 17.2. The predicted molar refractivity (Wildman–Crippen MR) is 254 cm³/mol. The molecule has 1 atom stereocenters. The Bertz CT molecular complexity index is 3600. The summed E-state index contributed by atoms with van der Waals surface area (Å²) in [4.78, 5) is 22.3. The van der Waals surface area contributed by atoms with Crippen molar-refractivity contribution in [1.29, 1.82) is 0 Å². The van der Waals surface area contributed by atoms with E-state index < -0.39 is 5.41 Å². The molecule has 0 bridgehead atoms.